The first-order valence-corrected chi connectivity index (χ1v) is 10.5. The van der Waals surface area contributed by atoms with Crippen molar-refractivity contribution in [2.75, 3.05) is 18.4 Å². The van der Waals surface area contributed by atoms with E-state index in [9.17, 15) is 0 Å². The lowest BCUT2D eigenvalue weighted by atomic mass is 10.2. The topological polar surface area (TPSA) is 87.8 Å². The zero-order valence-corrected chi connectivity index (χ0v) is 16.7. The third-order valence-corrected chi connectivity index (χ3v) is 6.05. The van der Waals surface area contributed by atoms with Crippen molar-refractivity contribution in [3.8, 4) is 10.6 Å². The molecule has 1 saturated heterocycles. The highest BCUT2D eigenvalue weighted by Crippen LogP contribution is 2.28. The van der Waals surface area contributed by atoms with Gasteiger partial charge >= 0.3 is 0 Å². The van der Waals surface area contributed by atoms with Gasteiger partial charge in [0.2, 0.25) is 5.13 Å². The quantitative estimate of drug-likeness (QED) is 0.436. The van der Waals surface area contributed by atoms with E-state index in [0.29, 0.717) is 12.6 Å². The molecule has 4 aromatic rings. The zero-order chi connectivity index (χ0) is 19.5. The lowest BCUT2D eigenvalue weighted by Crippen LogP contribution is -2.29. The molecule has 7 nitrogen and oxygen atoms in total. The zero-order valence-electron chi connectivity index (χ0n) is 15.8. The smallest absolute Gasteiger partial charge is 0.206 e. The Morgan fingerprint density at radius 1 is 1.14 bits per heavy atom. The van der Waals surface area contributed by atoms with Gasteiger partial charge in [0, 0.05) is 30.1 Å². The summed E-state index contributed by atoms with van der Waals surface area (Å²) in [5, 5.41) is 25.4. The average molecular weight is 407 g/mol. The Labute approximate surface area is 172 Å². The van der Waals surface area contributed by atoms with Crippen LogP contribution < -0.4 is 10.6 Å². The van der Waals surface area contributed by atoms with E-state index in [1.807, 2.05) is 36.5 Å². The molecule has 0 saturated carbocycles. The minimum absolute atomic E-state index is 0.244. The molecule has 2 aromatic heterocycles. The van der Waals surface area contributed by atoms with Crippen molar-refractivity contribution >= 4 is 27.4 Å². The summed E-state index contributed by atoms with van der Waals surface area (Å²) in [7, 11) is 0. The maximum Gasteiger partial charge on any atom is 0.206 e. The summed E-state index contributed by atoms with van der Waals surface area (Å²) in [5.74, 6) is 0. The molecule has 1 aliphatic rings. The molecule has 29 heavy (non-hydrogen) atoms. The molecule has 0 spiro atoms. The van der Waals surface area contributed by atoms with Crippen LogP contribution in [-0.2, 0) is 11.3 Å². The van der Waals surface area contributed by atoms with Gasteiger partial charge in [0.1, 0.15) is 5.01 Å². The summed E-state index contributed by atoms with van der Waals surface area (Å²) >= 11 is 1.57. The molecular formula is C21H22N6OS. The molecule has 1 aliphatic heterocycles. The van der Waals surface area contributed by atoms with Crippen LogP contribution in [0.1, 0.15) is 12.0 Å². The maximum absolute atomic E-state index is 6.04. The van der Waals surface area contributed by atoms with Crippen LogP contribution in [0.2, 0.25) is 0 Å². The molecule has 2 aromatic carbocycles. The summed E-state index contributed by atoms with van der Waals surface area (Å²) in [5.41, 5.74) is 3.29. The molecule has 0 amide bonds. The Morgan fingerprint density at radius 3 is 3.00 bits per heavy atom. The van der Waals surface area contributed by atoms with Crippen LogP contribution in [0.15, 0.2) is 54.7 Å². The second kappa shape index (κ2) is 8.28. The molecule has 0 unspecified atom stereocenters. The van der Waals surface area contributed by atoms with E-state index in [-0.39, 0.29) is 6.10 Å². The number of hydrogen-bond acceptors (Lipinski definition) is 7. The van der Waals surface area contributed by atoms with Crippen LogP contribution in [0.25, 0.3) is 21.5 Å². The molecule has 0 radical (unpaired) electrons. The van der Waals surface area contributed by atoms with E-state index in [4.69, 9.17) is 4.74 Å². The van der Waals surface area contributed by atoms with E-state index in [1.165, 1.54) is 5.56 Å². The normalized spacial score (nSPS) is 19.0. The van der Waals surface area contributed by atoms with Crippen LogP contribution in [-0.4, -0.2) is 45.6 Å². The van der Waals surface area contributed by atoms with Crippen LogP contribution in [0, 0.1) is 0 Å². The van der Waals surface area contributed by atoms with Crippen LogP contribution >= 0.6 is 11.3 Å². The molecule has 2 atom stereocenters. The number of rotatable bonds is 7. The van der Waals surface area contributed by atoms with Gasteiger partial charge in [0.05, 0.1) is 24.4 Å². The Morgan fingerprint density at radius 2 is 2.07 bits per heavy atom. The van der Waals surface area contributed by atoms with Crippen molar-refractivity contribution in [2.45, 2.75) is 25.2 Å². The Balaban J connectivity index is 1.12. The fourth-order valence-electron chi connectivity index (χ4n) is 3.55. The number of aromatic amines is 1. The van der Waals surface area contributed by atoms with Gasteiger partial charge in [0.15, 0.2) is 0 Å². The van der Waals surface area contributed by atoms with E-state index in [0.717, 1.165) is 46.1 Å². The SMILES string of the molecule is c1ccc(CO[C@H]2CN[C@H](CNc3nnc(-c4ccc5[nH]ncc5c4)s3)C2)cc1. The van der Waals surface area contributed by atoms with Gasteiger partial charge in [-0.05, 0) is 30.2 Å². The highest BCUT2D eigenvalue weighted by Gasteiger charge is 2.24. The molecule has 0 bridgehead atoms. The van der Waals surface area contributed by atoms with Crippen LogP contribution in [0.4, 0.5) is 5.13 Å². The standard InChI is InChI=1S/C21H22N6OS/c1-2-4-14(5-3-1)13-28-18-9-17(22-12-18)11-23-21-27-26-20(29-21)15-6-7-19-16(8-15)10-24-25-19/h1-8,10,17-18,22H,9,11-13H2,(H,23,27)(H,24,25)/t17-,18+/m0/s1. The van der Waals surface area contributed by atoms with Crippen molar-refractivity contribution in [1.29, 1.82) is 0 Å². The number of fused-ring (bicyclic) bond motifs is 1. The Bertz CT molecular complexity index is 1080. The van der Waals surface area contributed by atoms with Gasteiger partial charge in [-0.25, -0.2) is 0 Å². The molecule has 3 heterocycles. The fourth-order valence-corrected chi connectivity index (χ4v) is 4.30. The van der Waals surface area contributed by atoms with Crippen molar-refractivity contribution in [3.63, 3.8) is 0 Å². The van der Waals surface area contributed by atoms with Crippen molar-refractivity contribution < 1.29 is 4.74 Å². The third kappa shape index (κ3) is 4.29. The van der Waals surface area contributed by atoms with Crippen molar-refractivity contribution in [1.82, 2.24) is 25.7 Å². The number of nitrogens with zero attached hydrogens (tertiary/aromatic N) is 3. The average Bonchev–Trinajstić information content (AvgIpc) is 3.51. The molecule has 5 rings (SSSR count). The predicted molar refractivity (Wildman–Crippen MR) is 115 cm³/mol. The van der Waals surface area contributed by atoms with Crippen molar-refractivity contribution in [3.05, 3.63) is 60.3 Å². The van der Waals surface area contributed by atoms with Crippen LogP contribution in [0.5, 0.6) is 0 Å². The fraction of sp³-hybridized carbons (Fsp3) is 0.286. The van der Waals surface area contributed by atoms with E-state index in [2.05, 4.69) is 49.2 Å². The number of benzene rings is 2. The summed E-state index contributed by atoms with van der Waals surface area (Å²) in [4.78, 5) is 0. The lowest BCUT2D eigenvalue weighted by Gasteiger charge is -2.12. The van der Waals surface area contributed by atoms with E-state index in [1.54, 1.807) is 11.3 Å². The van der Waals surface area contributed by atoms with Gasteiger partial charge in [-0.3, -0.25) is 5.10 Å². The van der Waals surface area contributed by atoms with Crippen molar-refractivity contribution in [2.24, 2.45) is 0 Å². The number of nitrogens with one attached hydrogen (secondary N) is 3. The molecule has 8 heteroatoms. The van der Waals surface area contributed by atoms with Gasteiger partial charge < -0.3 is 15.4 Å². The van der Waals surface area contributed by atoms with Gasteiger partial charge in [-0.1, -0.05) is 41.7 Å². The first-order valence-electron chi connectivity index (χ1n) is 9.73. The molecule has 1 fully saturated rings. The monoisotopic (exact) mass is 406 g/mol. The van der Waals surface area contributed by atoms with E-state index >= 15 is 0 Å². The largest absolute Gasteiger partial charge is 0.372 e. The number of ether oxygens (including phenoxy) is 1. The van der Waals surface area contributed by atoms with Gasteiger partial charge in [0.25, 0.3) is 0 Å². The Hall–Kier alpha value is -2.81. The maximum atomic E-state index is 6.04. The Kier molecular flexibility index (Phi) is 5.21. The number of anilines is 1. The molecular weight excluding hydrogens is 384 g/mol. The summed E-state index contributed by atoms with van der Waals surface area (Å²) < 4.78 is 6.04. The summed E-state index contributed by atoms with van der Waals surface area (Å²) in [6, 6.07) is 16.8. The minimum Gasteiger partial charge on any atom is -0.372 e. The number of hydrogen-bond donors (Lipinski definition) is 3. The highest BCUT2D eigenvalue weighted by molar-refractivity contribution is 7.18. The number of aromatic nitrogens is 4. The molecule has 0 aliphatic carbocycles. The van der Waals surface area contributed by atoms with Gasteiger partial charge in [-0.2, -0.15) is 5.10 Å². The van der Waals surface area contributed by atoms with E-state index < -0.39 is 0 Å². The second-order valence-electron chi connectivity index (χ2n) is 7.22. The molecule has 3 N–H and O–H groups in total. The predicted octanol–water partition coefficient (Wildman–Crippen LogP) is 3.44. The van der Waals surface area contributed by atoms with Gasteiger partial charge in [-0.15, -0.1) is 10.2 Å². The van der Waals surface area contributed by atoms with Crippen LogP contribution in [0.3, 0.4) is 0 Å². The first-order chi connectivity index (χ1) is 14.3. The summed E-state index contributed by atoms with van der Waals surface area (Å²) in [6.07, 6.45) is 3.05. The minimum atomic E-state index is 0.244. The lowest BCUT2D eigenvalue weighted by molar-refractivity contribution is 0.0528. The second-order valence-corrected chi connectivity index (χ2v) is 8.20. The first kappa shape index (κ1) is 18.2. The summed E-state index contributed by atoms with van der Waals surface area (Å²) in [6.45, 7) is 2.35. The third-order valence-electron chi connectivity index (χ3n) is 5.12. The number of H-pyrrole nitrogens is 1. The molecule has 148 valence electrons. The highest BCUT2D eigenvalue weighted by atomic mass is 32.1.